The monoisotopic (exact) mass is 429 g/mol. The van der Waals surface area contributed by atoms with Crippen molar-refractivity contribution in [2.24, 2.45) is 16.8 Å². The van der Waals surface area contributed by atoms with Gasteiger partial charge in [-0.1, -0.05) is 78.7 Å². The molecule has 2 atom stereocenters. The number of fused-ring (bicyclic) bond motifs is 3. The molecule has 2 aromatic carbocycles. The maximum atomic E-state index is 6.83. The molecular weight excluding hydrogens is 402 g/mol. The molecule has 0 saturated heterocycles. The Hall–Kier alpha value is -2.62. The van der Waals surface area contributed by atoms with E-state index in [0.29, 0.717) is 11.8 Å². The molecular formula is C27H28ClN3. The van der Waals surface area contributed by atoms with Gasteiger partial charge in [-0.3, -0.25) is 4.99 Å². The van der Waals surface area contributed by atoms with E-state index in [4.69, 9.17) is 22.4 Å². The van der Waals surface area contributed by atoms with Crippen LogP contribution >= 0.6 is 11.6 Å². The number of nitrogens with zero attached hydrogens (tertiary/aromatic N) is 1. The Balaban J connectivity index is 1.56. The van der Waals surface area contributed by atoms with Crippen LogP contribution in [-0.4, -0.2) is 11.9 Å². The maximum absolute atomic E-state index is 6.83. The molecule has 158 valence electrons. The number of nitrogens with one attached hydrogen (secondary N) is 1. The Kier molecular flexibility index (Phi) is 5.33. The summed E-state index contributed by atoms with van der Waals surface area (Å²) in [5.74, 6) is 7.25. The molecule has 3 aliphatic rings. The Morgan fingerprint density at radius 2 is 1.94 bits per heavy atom. The van der Waals surface area contributed by atoms with E-state index in [2.05, 4.69) is 73.9 Å². The minimum absolute atomic E-state index is 0.0997. The SMILES string of the molecule is CC1C=Cc2c(cccc2C(=NC(C)C2=C(Cl)CCC3=C2c2ccccc2C3)NN)C1. The predicted molar refractivity (Wildman–Crippen MR) is 131 cm³/mol. The second-order valence-electron chi connectivity index (χ2n) is 8.85. The lowest BCUT2D eigenvalue weighted by molar-refractivity contribution is 0.717. The number of hydrogen-bond donors (Lipinski definition) is 2. The summed E-state index contributed by atoms with van der Waals surface area (Å²) in [6.07, 6.45) is 8.44. The minimum Gasteiger partial charge on any atom is -0.308 e. The van der Waals surface area contributed by atoms with E-state index in [-0.39, 0.29) is 6.04 Å². The zero-order valence-electron chi connectivity index (χ0n) is 18.1. The molecule has 0 aliphatic heterocycles. The number of halogens is 1. The number of rotatable bonds is 3. The molecule has 0 bridgehead atoms. The highest BCUT2D eigenvalue weighted by atomic mass is 35.5. The molecule has 2 unspecified atom stereocenters. The molecule has 3 nitrogen and oxygen atoms in total. The fourth-order valence-electron chi connectivity index (χ4n) is 5.25. The van der Waals surface area contributed by atoms with E-state index in [1.807, 2.05) is 0 Å². The van der Waals surface area contributed by atoms with Crippen LogP contribution in [0.2, 0.25) is 0 Å². The number of hydrogen-bond acceptors (Lipinski definition) is 2. The normalized spacial score (nSPS) is 21.0. The van der Waals surface area contributed by atoms with Crippen molar-refractivity contribution in [3.05, 3.63) is 92.5 Å². The maximum Gasteiger partial charge on any atom is 0.143 e. The molecule has 0 radical (unpaired) electrons. The van der Waals surface area contributed by atoms with Crippen LogP contribution in [0.25, 0.3) is 11.6 Å². The summed E-state index contributed by atoms with van der Waals surface area (Å²) >= 11 is 6.83. The van der Waals surface area contributed by atoms with Gasteiger partial charge in [-0.05, 0) is 71.9 Å². The predicted octanol–water partition coefficient (Wildman–Crippen LogP) is 5.79. The first-order valence-corrected chi connectivity index (χ1v) is 11.5. The first-order chi connectivity index (χ1) is 15.1. The smallest absolute Gasteiger partial charge is 0.143 e. The lowest BCUT2D eigenvalue weighted by Crippen LogP contribution is -2.33. The van der Waals surface area contributed by atoms with Crippen molar-refractivity contribution in [1.29, 1.82) is 0 Å². The molecule has 4 heteroatoms. The highest BCUT2D eigenvalue weighted by molar-refractivity contribution is 6.31. The zero-order valence-corrected chi connectivity index (χ0v) is 18.8. The highest BCUT2D eigenvalue weighted by Crippen LogP contribution is 2.47. The number of benzene rings is 2. The average Bonchev–Trinajstić information content (AvgIpc) is 3.15. The van der Waals surface area contributed by atoms with Crippen molar-refractivity contribution in [3.8, 4) is 0 Å². The highest BCUT2D eigenvalue weighted by Gasteiger charge is 2.31. The largest absolute Gasteiger partial charge is 0.308 e. The molecule has 0 amide bonds. The number of hydrazine groups is 1. The van der Waals surface area contributed by atoms with Crippen LogP contribution in [0, 0.1) is 5.92 Å². The third-order valence-electron chi connectivity index (χ3n) is 6.71. The lowest BCUT2D eigenvalue weighted by Gasteiger charge is -2.25. The van der Waals surface area contributed by atoms with Gasteiger partial charge in [-0.15, -0.1) is 0 Å². The molecule has 0 aromatic heterocycles. The summed E-state index contributed by atoms with van der Waals surface area (Å²) in [5, 5.41) is 0.923. The zero-order chi connectivity index (χ0) is 21.5. The van der Waals surface area contributed by atoms with Crippen molar-refractivity contribution >= 4 is 29.1 Å². The van der Waals surface area contributed by atoms with Gasteiger partial charge < -0.3 is 5.43 Å². The van der Waals surface area contributed by atoms with Crippen LogP contribution in [0.5, 0.6) is 0 Å². The molecule has 0 saturated carbocycles. The topological polar surface area (TPSA) is 50.4 Å². The summed E-state index contributed by atoms with van der Waals surface area (Å²) in [6, 6.07) is 15.0. The standard InChI is InChI=1S/C27H28ClN3/c1-16-10-12-21-18(14-16)7-5-9-23(21)27(31-29)30-17(2)25-24(28)13-11-20-15-19-6-3-4-8-22(19)26(20)25/h3-10,12,16-17H,11,13-15,29H2,1-2H3,(H,30,31). The van der Waals surface area contributed by atoms with E-state index >= 15 is 0 Å². The average molecular weight is 430 g/mol. The van der Waals surface area contributed by atoms with Gasteiger partial charge in [0.1, 0.15) is 5.84 Å². The fourth-order valence-corrected chi connectivity index (χ4v) is 5.60. The minimum atomic E-state index is -0.0997. The molecule has 3 N–H and O–H groups in total. The second-order valence-corrected chi connectivity index (χ2v) is 9.30. The van der Waals surface area contributed by atoms with Gasteiger partial charge in [0.25, 0.3) is 0 Å². The van der Waals surface area contributed by atoms with Gasteiger partial charge in [0.2, 0.25) is 0 Å². The first kappa shape index (κ1) is 20.3. The van der Waals surface area contributed by atoms with Gasteiger partial charge in [-0.25, -0.2) is 5.84 Å². The number of nitrogens with two attached hydrogens (primary N) is 1. The third-order valence-corrected chi connectivity index (χ3v) is 7.11. The van der Waals surface area contributed by atoms with Crippen molar-refractivity contribution < 1.29 is 0 Å². The number of aliphatic imine (C=N–C) groups is 1. The number of allylic oxidation sites excluding steroid dienone is 3. The van der Waals surface area contributed by atoms with E-state index in [1.54, 1.807) is 0 Å². The molecule has 3 aliphatic carbocycles. The van der Waals surface area contributed by atoms with Crippen LogP contribution in [0.15, 0.2) is 69.7 Å². The van der Waals surface area contributed by atoms with Gasteiger partial charge in [0.15, 0.2) is 0 Å². The summed E-state index contributed by atoms with van der Waals surface area (Å²) < 4.78 is 0. The van der Waals surface area contributed by atoms with Crippen molar-refractivity contribution in [1.82, 2.24) is 5.43 Å². The molecule has 5 rings (SSSR count). The quantitative estimate of drug-likeness (QED) is 0.281. The van der Waals surface area contributed by atoms with E-state index in [0.717, 1.165) is 41.9 Å². The van der Waals surface area contributed by atoms with Crippen LogP contribution in [-0.2, 0) is 12.8 Å². The Morgan fingerprint density at radius 3 is 2.77 bits per heavy atom. The fraction of sp³-hybridized carbons (Fsp3) is 0.296. The van der Waals surface area contributed by atoms with Gasteiger partial charge in [-0.2, -0.15) is 0 Å². The van der Waals surface area contributed by atoms with Crippen LogP contribution in [0.3, 0.4) is 0 Å². The van der Waals surface area contributed by atoms with Crippen molar-refractivity contribution in [3.63, 3.8) is 0 Å². The summed E-state index contributed by atoms with van der Waals surface area (Å²) in [6.45, 7) is 4.37. The molecule has 0 spiro atoms. The Morgan fingerprint density at radius 1 is 1.13 bits per heavy atom. The Bertz CT molecular complexity index is 1170. The Labute approximate surface area is 189 Å². The van der Waals surface area contributed by atoms with Crippen molar-refractivity contribution in [2.45, 2.75) is 45.6 Å². The van der Waals surface area contributed by atoms with Gasteiger partial charge in [0.05, 0.1) is 6.04 Å². The van der Waals surface area contributed by atoms with Crippen LogP contribution in [0.1, 0.15) is 54.5 Å². The third kappa shape index (κ3) is 3.56. The molecule has 31 heavy (non-hydrogen) atoms. The second kappa shape index (κ2) is 8.14. The summed E-state index contributed by atoms with van der Waals surface area (Å²) in [7, 11) is 0. The lowest BCUT2D eigenvalue weighted by atomic mass is 9.86. The van der Waals surface area contributed by atoms with Gasteiger partial charge >= 0.3 is 0 Å². The van der Waals surface area contributed by atoms with Crippen molar-refractivity contribution in [2.75, 3.05) is 0 Å². The number of amidine groups is 1. The summed E-state index contributed by atoms with van der Waals surface area (Å²) in [4.78, 5) is 5.07. The van der Waals surface area contributed by atoms with E-state index in [1.165, 1.54) is 33.4 Å². The van der Waals surface area contributed by atoms with Gasteiger partial charge in [0, 0.05) is 10.6 Å². The van der Waals surface area contributed by atoms with Crippen LogP contribution < -0.4 is 11.3 Å². The molecule has 2 aromatic rings. The molecule has 0 heterocycles. The van der Waals surface area contributed by atoms with E-state index in [9.17, 15) is 0 Å². The summed E-state index contributed by atoms with van der Waals surface area (Å²) in [5.41, 5.74) is 13.1. The van der Waals surface area contributed by atoms with Crippen LogP contribution in [0.4, 0.5) is 0 Å². The van der Waals surface area contributed by atoms with E-state index < -0.39 is 0 Å². The molecule has 0 fully saturated rings. The first-order valence-electron chi connectivity index (χ1n) is 11.1.